The van der Waals surface area contributed by atoms with Crippen molar-refractivity contribution in [3.63, 3.8) is 0 Å². The molecule has 1 aromatic heterocycles. The van der Waals surface area contributed by atoms with Crippen molar-refractivity contribution in [2.75, 3.05) is 11.5 Å². The van der Waals surface area contributed by atoms with Gasteiger partial charge in [-0.1, -0.05) is 49.4 Å². The summed E-state index contributed by atoms with van der Waals surface area (Å²) in [6.45, 7) is 9.68. The van der Waals surface area contributed by atoms with Crippen LogP contribution in [0.5, 0.6) is 5.75 Å². The number of hydrogen-bond donors (Lipinski definition) is 1. The van der Waals surface area contributed by atoms with Gasteiger partial charge in [0.25, 0.3) is 5.78 Å². The van der Waals surface area contributed by atoms with E-state index in [2.05, 4.69) is 18.8 Å². The minimum absolute atomic E-state index is 0.0178. The Morgan fingerprint density at radius 1 is 1.21 bits per heavy atom. The zero-order valence-corrected chi connectivity index (χ0v) is 23.3. The van der Waals surface area contributed by atoms with E-state index in [1.807, 2.05) is 31.2 Å². The summed E-state index contributed by atoms with van der Waals surface area (Å²) in [4.78, 5) is 45.5. The Kier molecular flexibility index (Phi) is 7.03. The lowest BCUT2D eigenvalue weighted by molar-refractivity contribution is -0.132. The number of aliphatic hydroxyl groups excluding tert-OH is 1. The Bertz CT molecular complexity index is 1500. The molecule has 0 unspecified atom stereocenters. The molecule has 0 spiro atoms. The molecule has 2 aromatic carbocycles. The summed E-state index contributed by atoms with van der Waals surface area (Å²) in [5.74, 6) is -1.42. The molecule has 5 rings (SSSR count). The second-order valence-electron chi connectivity index (χ2n) is 10.1. The second kappa shape index (κ2) is 10.3. The summed E-state index contributed by atoms with van der Waals surface area (Å²) in [6.07, 6.45) is 0.698. The molecule has 9 heteroatoms. The van der Waals surface area contributed by atoms with Gasteiger partial charge in [0, 0.05) is 12.0 Å². The number of anilines is 1. The first kappa shape index (κ1) is 26.6. The van der Waals surface area contributed by atoms with Crippen molar-refractivity contribution in [2.24, 2.45) is 0 Å². The number of benzene rings is 2. The molecule has 2 aliphatic heterocycles. The number of ketones is 1. The summed E-state index contributed by atoms with van der Waals surface area (Å²) < 4.78 is 10.9. The van der Waals surface area contributed by atoms with Crippen LogP contribution in [0.4, 0.5) is 5.13 Å². The van der Waals surface area contributed by atoms with Gasteiger partial charge in [0.1, 0.15) is 22.5 Å². The average molecular weight is 547 g/mol. The van der Waals surface area contributed by atoms with E-state index in [1.54, 1.807) is 32.0 Å². The minimum atomic E-state index is -0.935. The molecular weight excluding hydrogens is 516 g/mol. The standard InChI is InChI=1S/C30H30N2O6S/c1-6-37-29(36)27-17(5)31-30(39-27)32-24(19-9-7-18(8-10-19)15(2)3)23(26(34)28(32)35)25(33)20-11-12-22-21(14-20)13-16(4)38-22/h7-12,14-16,24,33H,6,13H2,1-5H3/t16-,24-/m0/s1. The molecule has 0 radical (unpaired) electrons. The number of hydrogen-bond acceptors (Lipinski definition) is 8. The summed E-state index contributed by atoms with van der Waals surface area (Å²) >= 11 is 0.990. The van der Waals surface area contributed by atoms with Crippen molar-refractivity contribution in [2.45, 2.75) is 59.1 Å². The van der Waals surface area contributed by atoms with Crippen LogP contribution in [0, 0.1) is 6.92 Å². The Hall–Kier alpha value is -3.98. The summed E-state index contributed by atoms with van der Waals surface area (Å²) in [7, 11) is 0. The van der Waals surface area contributed by atoms with Gasteiger partial charge in [-0.3, -0.25) is 14.5 Å². The number of Topliss-reactive ketones (excluding diaryl/α,β-unsaturated/α-hetero) is 1. The predicted molar refractivity (Wildman–Crippen MR) is 148 cm³/mol. The number of nitrogens with zero attached hydrogens (tertiary/aromatic N) is 2. The number of aliphatic hydroxyl groups is 1. The third-order valence-electron chi connectivity index (χ3n) is 6.98. The van der Waals surface area contributed by atoms with Crippen molar-refractivity contribution in [3.05, 3.63) is 80.9 Å². The molecule has 0 saturated carbocycles. The van der Waals surface area contributed by atoms with Gasteiger partial charge in [-0.25, -0.2) is 9.78 Å². The van der Waals surface area contributed by atoms with Crippen molar-refractivity contribution >= 4 is 39.9 Å². The van der Waals surface area contributed by atoms with Crippen LogP contribution in [-0.2, 0) is 20.7 Å². The van der Waals surface area contributed by atoms with Crippen molar-refractivity contribution in [1.82, 2.24) is 4.98 Å². The molecule has 202 valence electrons. The van der Waals surface area contributed by atoms with E-state index < -0.39 is 23.7 Å². The minimum Gasteiger partial charge on any atom is -0.507 e. The van der Waals surface area contributed by atoms with Crippen LogP contribution in [0.2, 0.25) is 0 Å². The molecule has 1 fully saturated rings. The summed E-state index contributed by atoms with van der Waals surface area (Å²) in [5.41, 5.74) is 3.46. The number of ether oxygens (including phenoxy) is 2. The Labute approximate surface area is 230 Å². The Morgan fingerprint density at radius 3 is 2.59 bits per heavy atom. The zero-order valence-electron chi connectivity index (χ0n) is 22.5. The van der Waals surface area contributed by atoms with Crippen LogP contribution in [0.3, 0.4) is 0 Å². The molecule has 1 N–H and O–H groups in total. The lowest BCUT2D eigenvalue weighted by Gasteiger charge is -2.23. The summed E-state index contributed by atoms with van der Waals surface area (Å²) in [6, 6.07) is 11.9. The van der Waals surface area contributed by atoms with Gasteiger partial charge >= 0.3 is 11.9 Å². The maximum atomic E-state index is 13.5. The van der Waals surface area contributed by atoms with Crippen LogP contribution in [-0.4, -0.2) is 40.5 Å². The third-order valence-corrected chi connectivity index (χ3v) is 8.12. The molecule has 1 saturated heterocycles. The van der Waals surface area contributed by atoms with E-state index in [0.29, 0.717) is 23.2 Å². The van der Waals surface area contributed by atoms with Gasteiger partial charge in [-0.05, 0) is 61.6 Å². The highest BCUT2D eigenvalue weighted by Crippen LogP contribution is 2.44. The number of fused-ring (bicyclic) bond motifs is 1. The first-order valence-electron chi connectivity index (χ1n) is 13.0. The van der Waals surface area contributed by atoms with Gasteiger partial charge in [-0.15, -0.1) is 0 Å². The largest absolute Gasteiger partial charge is 0.507 e. The average Bonchev–Trinajstić information content (AvgIpc) is 3.55. The Morgan fingerprint density at radius 2 is 1.92 bits per heavy atom. The van der Waals surface area contributed by atoms with Crippen molar-refractivity contribution in [1.29, 1.82) is 0 Å². The topological polar surface area (TPSA) is 106 Å². The number of carbonyl (C=O) groups is 3. The summed E-state index contributed by atoms with van der Waals surface area (Å²) in [5, 5.41) is 11.7. The van der Waals surface area contributed by atoms with Crippen LogP contribution in [0.25, 0.3) is 5.76 Å². The molecule has 39 heavy (non-hydrogen) atoms. The predicted octanol–water partition coefficient (Wildman–Crippen LogP) is 5.70. The number of carbonyl (C=O) groups excluding carboxylic acids is 3. The van der Waals surface area contributed by atoms with E-state index >= 15 is 0 Å². The molecular formula is C30H30N2O6S. The van der Waals surface area contributed by atoms with Crippen LogP contribution in [0.1, 0.15) is 77.3 Å². The normalized spacial score (nSPS) is 19.9. The van der Waals surface area contributed by atoms with Gasteiger partial charge < -0.3 is 14.6 Å². The van der Waals surface area contributed by atoms with Crippen molar-refractivity contribution < 1.29 is 29.0 Å². The van der Waals surface area contributed by atoms with Crippen LogP contribution < -0.4 is 9.64 Å². The van der Waals surface area contributed by atoms with Crippen LogP contribution >= 0.6 is 11.3 Å². The van der Waals surface area contributed by atoms with Crippen molar-refractivity contribution in [3.8, 4) is 5.75 Å². The number of aromatic nitrogens is 1. The number of esters is 1. The molecule has 0 bridgehead atoms. The number of thiazole rings is 1. The molecule has 8 nitrogen and oxygen atoms in total. The van der Waals surface area contributed by atoms with E-state index in [-0.39, 0.29) is 40.0 Å². The third kappa shape index (κ3) is 4.71. The molecule has 0 aliphatic carbocycles. The zero-order chi connectivity index (χ0) is 28.0. The van der Waals surface area contributed by atoms with Gasteiger partial charge in [-0.2, -0.15) is 0 Å². The number of aryl methyl sites for hydroxylation is 1. The number of rotatable bonds is 6. The van der Waals surface area contributed by atoms with Crippen LogP contribution in [0.15, 0.2) is 48.0 Å². The highest BCUT2D eigenvalue weighted by atomic mass is 32.1. The van der Waals surface area contributed by atoms with Gasteiger partial charge in [0.2, 0.25) is 0 Å². The molecule has 1 amide bonds. The van der Waals surface area contributed by atoms with E-state index in [0.717, 1.165) is 28.2 Å². The fourth-order valence-electron chi connectivity index (χ4n) is 5.00. The fourth-order valence-corrected chi connectivity index (χ4v) is 5.99. The molecule has 3 aromatic rings. The lowest BCUT2D eigenvalue weighted by Crippen LogP contribution is -2.29. The smallest absolute Gasteiger partial charge is 0.350 e. The Balaban J connectivity index is 1.66. The molecule has 2 atom stereocenters. The lowest BCUT2D eigenvalue weighted by atomic mass is 9.93. The maximum absolute atomic E-state index is 13.5. The number of amides is 1. The highest BCUT2D eigenvalue weighted by Gasteiger charge is 2.48. The second-order valence-corrected chi connectivity index (χ2v) is 11.1. The van der Waals surface area contributed by atoms with E-state index in [1.165, 1.54) is 4.90 Å². The highest BCUT2D eigenvalue weighted by molar-refractivity contribution is 7.17. The van der Waals surface area contributed by atoms with Gasteiger partial charge in [0.15, 0.2) is 5.13 Å². The van der Waals surface area contributed by atoms with E-state index in [9.17, 15) is 19.5 Å². The van der Waals surface area contributed by atoms with E-state index in [4.69, 9.17) is 9.47 Å². The fraction of sp³-hybridized carbons (Fsp3) is 0.333. The first-order valence-corrected chi connectivity index (χ1v) is 13.8. The quantitative estimate of drug-likeness (QED) is 0.183. The molecule has 2 aliphatic rings. The van der Waals surface area contributed by atoms with Gasteiger partial charge in [0.05, 0.1) is 23.9 Å². The SMILES string of the molecule is CCOC(=O)c1sc(N2C(=O)C(=O)C(=C(O)c3ccc4c(c3)C[C@H](C)O4)[C@@H]2c2ccc(C(C)C)cc2)nc1C. The molecule has 3 heterocycles. The maximum Gasteiger partial charge on any atom is 0.350 e. The first-order chi connectivity index (χ1) is 18.6. The monoisotopic (exact) mass is 546 g/mol.